The summed E-state index contributed by atoms with van der Waals surface area (Å²) in [5, 5.41) is 14.6. The van der Waals surface area contributed by atoms with Crippen molar-refractivity contribution < 1.29 is 32.1 Å². The number of ketones is 1. The molecule has 2 N–H and O–H groups in total. The van der Waals surface area contributed by atoms with Crippen LogP contribution in [0.5, 0.6) is 5.75 Å². The Hall–Kier alpha value is -2.59. The number of Topliss-reactive ketones (excluding diaryl/α,β-unsaturated/α-hetero) is 1. The minimum atomic E-state index is -3.99. The first-order valence-corrected chi connectivity index (χ1v) is 11.1. The highest BCUT2D eigenvalue weighted by molar-refractivity contribution is 7.88. The Morgan fingerprint density at radius 3 is 2.57 bits per heavy atom. The first-order valence-electron chi connectivity index (χ1n) is 9.67. The summed E-state index contributed by atoms with van der Waals surface area (Å²) in [5.41, 5.74) is 1.53. The predicted octanol–water partition coefficient (Wildman–Crippen LogP) is 3.45. The molecule has 2 rings (SSSR count). The highest BCUT2D eigenvalue weighted by atomic mass is 32.2. The topological polar surface area (TPSA) is 124 Å². The van der Waals surface area contributed by atoms with E-state index in [0.29, 0.717) is 30.1 Å². The number of anilines is 1. The first-order chi connectivity index (χ1) is 14.3. The van der Waals surface area contributed by atoms with E-state index in [-0.39, 0.29) is 41.6 Å². The molecule has 10 heteroatoms. The number of aliphatic hydroxyl groups is 1. The van der Waals surface area contributed by atoms with Crippen LogP contribution in [0.3, 0.4) is 0 Å². The van der Waals surface area contributed by atoms with Crippen LogP contribution in [0.4, 0.5) is 5.69 Å². The van der Waals surface area contributed by atoms with Crippen molar-refractivity contribution >= 4 is 27.5 Å². The SMILES string of the molecule is CCCC(=NOCC)C1=C(O)CC(c2ccc(OC)c(NS(=O)(=O)OC)c2)CC1=O. The molecule has 166 valence electrons. The van der Waals surface area contributed by atoms with E-state index >= 15 is 0 Å². The van der Waals surface area contributed by atoms with Gasteiger partial charge >= 0.3 is 10.3 Å². The van der Waals surface area contributed by atoms with E-state index in [1.165, 1.54) is 7.11 Å². The van der Waals surface area contributed by atoms with Gasteiger partial charge in [0.25, 0.3) is 0 Å². The monoisotopic (exact) mass is 440 g/mol. The standard InChI is InChI=1S/C20H28N2O7S/c1-5-7-15(21-29-6-2)20-17(23)11-14(12-18(20)24)13-8-9-19(27-3)16(10-13)22-30(25,26)28-4/h8-10,14,22-23H,5-7,11-12H2,1-4H3. The van der Waals surface area contributed by atoms with Crippen molar-refractivity contribution in [2.24, 2.45) is 5.16 Å². The largest absolute Gasteiger partial charge is 0.511 e. The fourth-order valence-corrected chi connectivity index (χ4v) is 3.80. The van der Waals surface area contributed by atoms with Crippen LogP contribution in [0, 0.1) is 0 Å². The van der Waals surface area contributed by atoms with Gasteiger partial charge in [0, 0.05) is 12.8 Å². The number of carbonyl (C=O) groups excluding carboxylic acids is 1. The van der Waals surface area contributed by atoms with Crippen molar-refractivity contribution in [3.8, 4) is 5.75 Å². The van der Waals surface area contributed by atoms with Crippen molar-refractivity contribution in [1.29, 1.82) is 0 Å². The Bertz CT molecular complexity index is 938. The molecule has 0 spiro atoms. The zero-order valence-electron chi connectivity index (χ0n) is 17.6. The summed E-state index contributed by atoms with van der Waals surface area (Å²) in [6.07, 6.45) is 1.64. The second-order valence-electron chi connectivity index (χ2n) is 6.74. The lowest BCUT2D eigenvalue weighted by Crippen LogP contribution is -2.24. The molecule has 0 aromatic heterocycles. The molecule has 1 aromatic carbocycles. The fraction of sp³-hybridized carbons (Fsp3) is 0.500. The van der Waals surface area contributed by atoms with E-state index in [0.717, 1.165) is 13.5 Å². The predicted molar refractivity (Wildman–Crippen MR) is 113 cm³/mol. The van der Waals surface area contributed by atoms with Crippen LogP contribution in [-0.2, 0) is 24.1 Å². The third kappa shape index (κ3) is 5.73. The molecule has 0 heterocycles. The maximum absolute atomic E-state index is 12.8. The smallest absolute Gasteiger partial charge is 0.359 e. The van der Waals surface area contributed by atoms with Gasteiger partial charge in [-0.05, 0) is 37.0 Å². The second kappa shape index (κ2) is 10.4. The van der Waals surface area contributed by atoms with Crippen LogP contribution in [0.25, 0.3) is 0 Å². The van der Waals surface area contributed by atoms with Crippen LogP contribution >= 0.6 is 0 Å². The lowest BCUT2D eigenvalue weighted by Gasteiger charge is -2.25. The van der Waals surface area contributed by atoms with Crippen molar-refractivity contribution in [2.75, 3.05) is 25.5 Å². The summed E-state index contributed by atoms with van der Waals surface area (Å²) >= 11 is 0. The van der Waals surface area contributed by atoms with Crippen molar-refractivity contribution in [2.45, 2.75) is 45.4 Å². The minimum Gasteiger partial charge on any atom is -0.511 e. The Kier molecular flexibility index (Phi) is 8.24. The number of benzene rings is 1. The number of nitrogens with zero attached hydrogens (tertiary/aromatic N) is 1. The fourth-order valence-electron chi connectivity index (χ4n) is 3.29. The van der Waals surface area contributed by atoms with Crippen LogP contribution in [0.15, 0.2) is 34.7 Å². The van der Waals surface area contributed by atoms with Crippen LogP contribution in [0.1, 0.15) is 51.0 Å². The zero-order valence-corrected chi connectivity index (χ0v) is 18.4. The Balaban J connectivity index is 2.37. The number of carbonyl (C=O) groups is 1. The Morgan fingerprint density at radius 2 is 2.00 bits per heavy atom. The van der Waals surface area contributed by atoms with E-state index in [1.54, 1.807) is 25.1 Å². The van der Waals surface area contributed by atoms with Gasteiger partial charge in [0.2, 0.25) is 0 Å². The van der Waals surface area contributed by atoms with E-state index in [2.05, 4.69) is 14.1 Å². The van der Waals surface area contributed by atoms with Gasteiger partial charge in [-0.25, -0.2) is 0 Å². The van der Waals surface area contributed by atoms with Crippen LogP contribution in [-0.4, -0.2) is 45.8 Å². The normalized spacial score (nSPS) is 17.8. The quantitative estimate of drug-likeness (QED) is 0.422. The molecule has 1 aliphatic rings. The Morgan fingerprint density at radius 1 is 1.27 bits per heavy atom. The van der Waals surface area contributed by atoms with Crippen molar-refractivity contribution in [1.82, 2.24) is 0 Å². The summed E-state index contributed by atoms with van der Waals surface area (Å²) in [6, 6.07) is 4.91. The van der Waals surface area contributed by atoms with Crippen molar-refractivity contribution in [3.05, 3.63) is 35.1 Å². The Labute approximate surface area is 177 Å². The number of allylic oxidation sites excluding steroid dienone is 2. The van der Waals surface area contributed by atoms with Crippen LogP contribution < -0.4 is 9.46 Å². The molecule has 0 bridgehead atoms. The number of oxime groups is 1. The molecule has 1 atom stereocenters. The zero-order chi connectivity index (χ0) is 22.3. The maximum atomic E-state index is 12.8. The third-order valence-corrected chi connectivity index (χ3v) is 5.58. The van der Waals surface area contributed by atoms with Gasteiger partial charge in [0.05, 0.1) is 31.2 Å². The number of aliphatic hydroxyl groups excluding tert-OH is 1. The molecular formula is C20H28N2O7S. The molecule has 0 saturated heterocycles. The number of hydrogen-bond donors (Lipinski definition) is 2. The molecule has 0 saturated carbocycles. The van der Waals surface area contributed by atoms with Gasteiger partial charge in [-0.3, -0.25) is 13.7 Å². The van der Waals surface area contributed by atoms with E-state index in [4.69, 9.17) is 9.57 Å². The highest BCUT2D eigenvalue weighted by Crippen LogP contribution is 2.38. The summed E-state index contributed by atoms with van der Waals surface area (Å²) in [5.74, 6) is -0.299. The summed E-state index contributed by atoms with van der Waals surface area (Å²) in [7, 11) is -1.54. The third-order valence-electron chi connectivity index (χ3n) is 4.67. The van der Waals surface area contributed by atoms with E-state index < -0.39 is 10.3 Å². The van der Waals surface area contributed by atoms with Crippen molar-refractivity contribution in [3.63, 3.8) is 0 Å². The number of hydrogen-bond acceptors (Lipinski definition) is 8. The molecule has 0 fully saturated rings. The number of methoxy groups -OCH3 is 1. The molecule has 0 radical (unpaired) electrons. The maximum Gasteiger partial charge on any atom is 0.359 e. The average Bonchev–Trinajstić information content (AvgIpc) is 2.71. The molecule has 0 aliphatic heterocycles. The summed E-state index contributed by atoms with van der Waals surface area (Å²) < 4.78 is 35.5. The van der Waals surface area contributed by atoms with Gasteiger partial charge in [-0.1, -0.05) is 24.6 Å². The van der Waals surface area contributed by atoms with Gasteiger partial charge in [0.1, 0.15) is 18.1 Å². The highest BCUT2D eigenvalue weighted by Gasteiger charge is 2.32. The molecule has 0 amide bonds. The molecule has 1 aromatic rings. The van der Waals surface area contributed by atoms with Gasteiger partial charge in [0.15, 0.2) is 5.78 Å². The number of rotatable bonds is 10. The molecule has 1 unspecified atom stereocenters. The van der Waals surface area contributed by atoms with Crippen LogP contribution in [0.2, 0.25) is 0 Å². The minimum absolute atomic E-state index is 0.0435. The molecule has 1 aliphatic carbocycles. The van der Waals surface area contributed by atoms with Gasteiger partial charge in [-0.2, -0.15) is 8.42 Å². The average molecular weight is 441 g/mol. The summed E-state index contributed by atoms with van der Waals surface area (Å²) in [4.78, 5) is 17.9. The summed E-state index contributed by atoms with van der Waals surface area (Å²) in [6.45, 7) is 4.11. The number of ether oxygens (including phenoxy) is 1. The van der Waals surface area contributed by atoms with Gasteiger partial charge in [-0.15, -0.1) is 0 Å². The van der Waals surface area contributed by atoms with E-state index in [1.807, 2.05) is 6.92 Å². The van der Waals surface area contributed by atoms with Gasteiger partial charge < -0.3 is 14.7 Å². The molecule has 9 nitrogen and oxygen atoms in total. The molecule has 30 heavy (non-hydrogen) atoms. The number of nitrogens with one attached hydrogen (secondary N) is 1. The molecular weight excluding hydrogens is 412 g/mol. The lowest BCUT2D eigenvalue weighted by atomic mass is 9.80. The van der Waals surface area contributed by atoms with E-state index in [9.17, 15) is 18.3 Å². The second-order valence-corrected chi connectivity index (χ2v) is 8.18. The lowest BCUT2D eigenvalue weighted by molar-refractivity contribution is -0.116. The first kappa shape index (κ1) is 23.7.